The Morgan fingerprint density at radius 3 is 2.79 bits per heavy atom. The van der Waals surface area contributed by atoms with Crippen LogP contribution in [0.4, 0.5) is 0 Å². The predicted molar refractivity (Wildman–Crippen MR) is 73.7 cm³/mol. The standard InChI is InChI=1S/C15H25N3O/c16-9-13-5-7-18(10-13)14-3-1-6-17(11-14)12-15-4-2-8-19-15/h13-15H,1-8,10-12H2. The number of ether oxygens (including phenoxy) is 1. The van der Waals surface area contributed by atoms with E-state index in [0.29, 0.717) is 12.1 Å². The molecule has 0 aromatic rings. The molecule has 3 unspecified atom stereocenters. The Bertz CT molecular complexity index is 335. The normalized spacial score (nSPS) is 37.5. The Morgan fingerprint density at radius 2 is 2.05 bits per heavy atom. The summed E-state index contributed by atoms with van der Waals surface area (Å²) in [6.07, 6.45) is 6.62. The molecule has 3 aliphatic rings. The van der Waals surface area contributed by atoms with Crippen molar-refractivity contribution >= 4 is 0 Å². The average molecular weight is 263 g/mol. The van der Waals surface area contributed by atoms with Gasteiger partial charge in [-0.15, -0.1) is 0 Å². The van der Waals surface area contributed by atoms with Crippen molar-refractivity contribution in [3.8, 4) is 6.07 Å². The van der Waals surface area contributed by atoms with Crippen molar-refractivity contribution in [1.82, 2.24) is 9.80 Å². The lowest BCUT2D eigenvalue weighted by molar-refractivity contribution is 0.0454. The largest absolute Gasteiger partial charge is 0.377 e. The number of hydrogen-bond donors (Lipinski definition) is 0. The molecule has 4 heteroatoms. The molecule has 3 aliphatic heterocycles. The van der Waals surface area contributed by atoms with E-state index in [1.807, 2.05) is 0 Å². The molecule has 4 nitrogen and oxygen atoms in total. The maximum atomic E-state index is 9.02. The van der Waals surface area contributed by atoms with Gasteiger partial charge in [-0.2, -0.15) is 5.26 Å². The fourth-order valence-electron chi connectivity index (χ4n) is 3.80. The minimum Gasteiger partial charge on any atom is -0.377 e. The lowest BCUT2D eigenvalue weighted by Gasteiger charge is -2.38. The first-order valence-corrected chi connectivity index (χ1v) is 7.83. The molecule has 0 amide bonds. The van der Waals surface area contributed by atoms with E-state index in [1.54, 1.807) is 0 Å². The fraction of sp³-hybridized carbons (Fsp3) is 0.933. The second-order valence-corrected chi connectivity index (χ2v) is 6.30. The van der Waals surface area contributed by atoms with Gasteiger partial charge in [-0.25, -0.2) is 0 Å². The van der Waals surface area contributed by atoms with E-state index < -0.39 is 0 Å². The summed E-state index contributed by atoms with van der Waals surface area (Å²) in [5.41, 5.74) is 0. The van der Waals surface area contributed by atoms with Gasteiger partial charge < -0.3 is 4.74 Å². The molecule has 3 fully saturated rings. The molecule has 0 radical (unpaired) electrons. The zero-order valence-corrected chi connectivity index (χ0v) is 11.8. The summed E-state index contributed by atoms with van der Waals surface area (Å²) in [6, 6.07) is 3.10. The van der Waals surface area contributed by atoms with Crippen LogP contribution in [0.5, 0.6) is 0 Å². The maximum absolute atomic E-state index is 9.02. The van der Waals surface area contributed by atoms with Gasteiger partial charge in [0, 0.05) is 32.3 Å². The fourth-order valence-corrected chi connectivity index (χ4v) is 3.80. The van der Waals surface area contributed by atoms with E-state index in [4.69, 9.17) is 10.00 Å². The zero-order chi connectivity index (χ0) is 13.1. The number of nitrogens with zero attached hydrogens (tertiary/aromatic N) is 3. The van der Waals surface area contributed by atoms with Crippen LogP contribution in [0.25, 0.3) is 0 Å². The van der Waals surface area contributed by atoms with Crippen molar-refractivity contribution in [2.24, 2.45) is 5.92 Å². The molecule has 3 atom stereocenters. The topological polar surface area (TPSA) is 39.5 Å². The van der Waals surface area contributed by atoms with Crippen molar-refractivity contribution in [2.45, 2.75) is 44.2 Å². The van der Waals surface area contributed by atoms with Crippen LogP contribution in [0.15, 0.2) is 0 Å². The maximum Gasteiger partial charge on any atom is 0.0702 e. The summed E-state index contributed by atoms with van der Waals surface area (Å²) in [5, 5.41) is 9.02. The van der Waals surface area contributed by atoms with Crippen LogP contribution in [-0.4, -0.2) is 61.3 Å². The van der Waals surface area contributed by atoms with Gasteiger partial charge in [-0.1, -0.05) is 0 Å². The van der Waals surface area contributed by atoms with Gasteiger partial charge in [0.2, 0.25) is 0 Å². The van der Waals surface area contributed by atoms with Crippen LogP contribution in [0.2, 0.25) is 0 Å². The van der Waals surface area contributed by atoms with Gasteiger partial charge in [-0.3, -0.25) is 9.80 Å². The first kappa shape index (κ1) is 13.4. The van der Waals surface area contributed by atoms with Gasteiger partial charge in [0.15, 0.2) is 0 Å². The lowest BCUT2D eigenvalue weighted by Crippen LogP contribution is -2.48. The lowest BCUT2D eigenvalue weighted by atomic mass is 10.0. The highest BCUT2D eigenvalue weighted by atomic mass is 16.5. The van der Waals surface area contributed by atoms with Crippen LogP contribution in [0.1, 0.15) is 32.1 Å². The van der Waals surface area contributed by atoms with Crippen molar-refractivity contribution < 1.29 is 4.74 Å². The molecule has 0 aliphatic carbocycles. The molecule has 19 heavy (non-hydrogen) atoms. The molecule has 3 heterocycles. The molecule has 106 valence electrons. The smallest absolute Gasteiger partial charge is 0.0702 e. The van der Waals surface area contributed by atoms with E-state index in [0.717, 1.165) is 32.7 Å². The third-order valence-electron chi connectivity index (χ3n) is 4.89. The predicted octanol–water partition coefficient (Wildman–Crippen LogP) is 1.48. The summed E-state index contributed by atoms with van der Waals surface area (Å²) in [4.78, 5) is 5.14. The molecule has 3 saturated heterocycles. The average Bonchev–Trinajstić information content (AvgIpc) is 3.09. The molecular weight excluding hydrogens is 238 g/mol. The minimum absolute atomic E-state index is 0.272. The Labute approximate surface area is 116 Å². The van der Waals surface area contributed by atoms with E-state index in [-0.39, 0.29) is 5.92 Å². The molecule has 0 aromatic carbocycles. The summed E-state index contributed by atoms with van der Waals surface area (Å²) in [7, 11) is 0. The molecule has 0 bridgehead atoms. The van der Waals surface area contributed by atoms with Crippen LogP contribution in [0.3, 0.4) is 0 Å². The SMILES string of the molecule is N#CC1CCN(C2CCCN(CC3CCCO3)C2)C1. The Kier molecular flexibility index (Phi) is 4.37. The first-order valence-electron chi connectivity index (χ1n) is 7.83. The van der Waals surface area contributed by atoms with Crippen LogP contribution < -0.4 is 0 Å². The van der Waals surface area contributed by atoms with E-state index >= 15 is 0 Å². The van der Waals surface area contributed by atoms with E-state index in [9.17, 15) is 0 Å². The van der Waals surface area contributed by atoms with Gasteiger partial charge >= 0.3 is 0 Å². The van der Waals surface area contributed by atoms with Crippen molar-refractivity contribution in [2.75, 3.05) is 39.3 Å². The van der Waals surface area contributed by atoms with Crippen molar-refractivity contribution in [3.05, 3.63) is 0 Å². The molecule has 0 spiro atoms. The third-order valence-corrected chi connectivity index (χ3v) is 4.89. The van der Waals surface area contributed by atoms with Crippen LogP contribution >= 0.6 is 0 Å². The quantitative estimate of drug-likeness (QED) is 0.773. The highest BCUT2D eigenvalue weighted by molar-refractivity contribution is 4.94. The monoisotopic (exact) mass is 263 g/mol. The Morgan fingerprint density at radius 1 is 1.11 bits per heavy atom. The van der Waals surface area contributed by atoms with Gasteiger partial charge in [0.1, 0.15) is 0 Å². The summed E-state index contributed by atoms with van der Waals surface area (Å²) in [5.74, 6) is 0.272. The highest BCUT2D eigenvalue weighted by Crippen LogP contribution is 2.24. The Balaban J connectivity index is 1.49. The molecule has 3 rings (SSSR count). The van der Waals surface area contributed by atoms with Gasteiger partial charge in [-0.05, 0) is 45.2 Å². The Hall–Kier alpha value is -0.630. The molecule has 0 saturated carbocycles. The second kappa shape index (κ2) is 6.21. The number of likely N-dealkylation sites (tertiary alicyclic amines) is 2. The summed E-state index contributed by atoms with van der Waals surface area (Å²) >= 11 is 0. The van der Waals surface area contributed by atoms with Crippen molar-refractivity contribution in [3.63, 3.8) is 0 Å². The second-order valence-electron chi connectivity index (χ2n) is 6.30. The number of rotatable bonds is 3. The van der Waals surface area contributed by atoms with E-state index in [1.165, 1.54) is 38.8 Å². The van der Waals surface area contributed by atoms with E-state index in [2.05, 4.69) is 15.9 Å². The number of piperidine rings is 1. The summed E-state index contributed by atoms with van der Waals surface area (Å²) < 4.78 is 5.75. The number of nitriles is 1. The minimum atomic E-state index is 0.272. The first-order chi connectivity index (χ1) is 9.35. The van der Waals surface area contributed by atoms with Gasteiger partial charge in [0.05, 0.1) is 18.1 Å². The zero-order valence-electron chi connectivity index (χ0n) is 11.8. The molecule has 0 aromatic heterocycles. The van der Waals surface area contributed by atoms with Gasteiger partial charge in [0.25, 0.3) is 0 Å². The highest BCUT2D eigenvalue weighted by Gasteiger charge is 2.32. The number of hydrogen-bond acceptors (Lipinski definition) is 4. The van der Waals surface area contributed by atoms with Crippen molar-refractivity contribution in [1.29, 1.82) is 5.26 Å². The van der Waals surface area contributed by atoms with Crippen LogP contribution in [0, 0.1) is 17.2 Å². The molecular formula is C15H25N3O. The third kappa shape index (κ3) is 3.28. The van der Waals surface area contributed by atoms with Crippen LogP contribution in [-0.2, 0) is 4.74 Å². The summed E-state index contributed by atoms with van der Waals surface area (Å²) in [6.45, 7) is 6.60. The molecule has 0 N–H and O–H groups in total.